The first-order valence-corrected chi connectivity index (χ1v) is 6.50. The summed E-state index contributed by atoms with van der Waals surface area (Å²) in [5.41, 5.74) is 2.40. The van der Waals surface area contributed by atoms with Crippen molar-refractivity contribution in [3.05, 3.63) is 35.4 Å². The maximum atomic E-state index is 5.14. The molecule has 0 aliphatic rings. The smallest absolute Gasteiger partial charge is 0.191 e. The average molecular weight is 391 g/mol. The number of ether oxygens (including phenoxy) is 1. The second-order valence-electron chi connectivity index (χ2n) is 5.55. The third-order valence-electron chi connectivity index (χ3n) is 2.48. The molecule has 20 heavy (non-hydrogen) atoms. The highest BCUT2D eigenvalue weighted by molar-refractivity contribution is 14.0. The van der Waals surface area contributed by atoms with Crippen molar-refractivity contribution in [2.45, 2.75) is 39.5 Å². The van der Waals surface area contributed by atoms with Crippen molar-refractivity contribution < 1.29 is 4.74 Å². The molecule has 0 saturated heterocycles. The van der Waals surface area contributed by atoms with Crippen LogP contribution in [0.25, 0.3) is 0 Å². The number of aliphatic imine (C=N–C) groups is 1. The van der Waals surface area contributed by atoms with Crippen LogP contribution in [0.15, 0.2) is 29.3 Å². The normalized spacial score (nSPS) is 11.8. The van der Waals surface area contributed by atoms with Gasteiger partial charge in [0, 0.05) is 26.2 Å². The van der Waals surface area contributed by atoms with Crippen molar-refractivity contribution in [1.82, 2.24) is 10.6 Å². The van der Waals surface area contributed by atoms with Crippen LogP contribution in [0.5, 0.6) is 0 Å². The molecule has 0 bridgehead atoms. The quantitative estimate of drug-likeness (QED) is 0.472. The Morgan fingerprint density at radius 2 is 1.90 bits per heavy atom. The zero-order valence-electron chi connectivity index (χ0n) is 13.0. The minimum atomic E-state index is -0.000256. The fraction of sp³-hybridized carbons (Fsp3) is 0.533. The summed E-state index contributed by atoms with van der Waals surface area (Å²) < 4.78 is 5.14. The Balaban J connectivity index is 0.00000361. The molecule has 0 aromatic heterocycles. The van der Waals surface area contributed by atoms with E-state index in [0.29, 0.717) is 6.61 Å². The molecule has 0 aliphatic heterocycles. The van der Waals surface area contributed by atoms with E-state index in [0.717, 1.165) is 12.5 Å². The van der Waals surface area contributed by atoms with E-state index < -0.39 is 0 Å². The highest BCUT2D eigenvalue weighted by Gasteiger charge is 2.11. The van der Waals surface area contributed by atoms with Crippen LogP contribution in [-0.2, 0) is 17.9 Å². The predicted molar refractivity (Wildman–Crippen MR) is 95.7 cm³/mol. The van der Waals surface area contributed by atoms with Crippen LogP contribution in [0.2, 0.25) is 0 Å². The van der Waals surface area contributed by atoms with E-state index in [1.807, 2.05) is 6.07 Å². The van der Waals surface area contributed by atoms with E-state index in [2.05, 4.69) is 54.6 Å². The third-order valence-corrected chi connectivity index (χ3v) is 2.48. The van der Waals surface area contributed by atoms with E-state index in [4.69, 9.17) is 4.74 Å². The summed E-state index contributed by atoms with van der Waals surface area (Å²) in [6.07, 6.45) is 0. The summed E-state index contributed by atoms with van der Waals surface area (Å²) in [6.45, 7) is 7.72. The lowest BCUT2D eigenvalue weighted by Crippen LogP contribution is -2.47. The van der Waals surface area contributed by atoms with Gasteiger partial charge >= 0.3 is 0 Å². The van der Waals surface area contributed by atoms with Crippen molar-refractivity contribution in [3.8, 4) is 0 Å². The summed E-state index contributed by atoms with van der Waals surface area (Å²) in [5.74, 6) is 0.810. The van der Waals surface area contributed by atoms with Gasteiger partial charge in [-0.3, -0.25) is 4.99 Å². The van der Waals surface area contributed by atoms with Crippen molar-refractivity contribution >= 4 is 29.9 Å². The lowest BCUT2D eigenvalue weighted by Gasteiger charge is -2.23. The summed E-state index contributed by atoms with van der Waals surface area (Å²) in [7, 11) is 3.49. The Labute approximate surface area is 139 Å². The Morgan fingerprint density at radius 1 is 1.25 bits per heavy atom. The number of methoxy groups -OCH3 is 1. The minimum absolute atomic E-state index is 0. The number of rotatable bonds is 4. The molecule has 0 fully saturated rings. The number of hydrogen-bond donors (Lipinski definition) is 2. The molecule has 1 aromatic carbocycles. The Hall–Kier alpha value is -0.820. The standard InChI is InChI=1S/C15H25N3O.HI/c1-15(2,3)18-14(16-4)17-10-12-7-6-8-13(9-12)11-19-5;/h6-9H,10-11H2,1-5H3,(H2,16,17,18);1H. The molecule has 0 atom stereocenters. The first-order valence-electron chi connectivity index (χ1n) is 6.50. The number of nitrogens with one attached hydrogen (secondary N) is 2. The molecular formula is C15H26IN3O. The van der Waals surface area contributed by atoms with Crippen LogP contribution in [-0.4, -0.2) is 25.7 Å². The molecule has 0 radical (unpaired) electrons. The molecule has 4 nitrogen and oxygen atoms in total. The zero-order valence-corrected chi connectivity index (χ0v) is 15.3. The van der Waals surface area contributed by atoms with Gasteiger partial charge in [0.1, 0.15) is 0 Å². The molecule has 1 rings (SSSR count). The molecule has 5 heteroatoms. The Morgan fingerprint density at radius 3 is 2.45 bits per heavy atom. The second-order valence-corrected chi connectivity index (χ2v) is 5.55. The van der Waals surface area contributed by atoms with E-state index in [-0.39, 0.29) is 29.5 Å². The summed E-state index contributed by atoms with van der Waals surface area (Å²) in [6, 6.07) is 8.35. The number of benzene rings is 1. The highest BCUT2D eigenvalue weighted by atomic mass is 127. The maximum Gasteiger partial charge on any atom is 0.191 e. The summed E-state index contributed by atoms with van der Waals surface area (Å²) >= 11 is 0. The fourth-order valence-electron chi connectivity index (χ4n) is 1.72. The van der Waals surface area contributed by atoms with Gasteiger partial charge < -0.3 is 15.4 Å². The van der Waals surface area contributed by atoms with Crippen LogP contribution < -0.4 is 10.6 Å². The van der Waals surface area contributed by atoms with Gasteiger partial charge in [0.2, 0.25) is 0 Å². The number of guanidine groups is 1. The molecule has 114 valence electrons. The lowest BCUT2D eigenvalue weighted by molar-refractivity contribution is 0.185. The van der Waals surface area contributed by atoms with Gasteiger partial charge in [-0.2, -0.15) is 0 Å². The van der Waals surface area contributed by atoms with Gasteiger partial charge in [0.15, 0.2) is 5.96 Å². The van der Waals surface area contributed by atoms with E-state index in [9.17, 15) is 0 Å². The lowest BCUT2D eigenvalue weighted by atomic mass is 10.1. The topological polar surface area (TPSA) is 45.7 Å². The van der Waals surface area contributed by atoms with E-state index in [1.54, 1.807) is 14.2 Å². The van der Waals surface area contributed by atoms with Gasteiger partial charge in [-0.05, 0) is 31.9 Å². The molecule has 1 aromatic rings. The van der Waals surface area contributed by atoms with Gasteiger partial charge in [0.05, 0.1) is 6.61 Å². The van der Waals surface area contributed by atoms with Gasteiger partial charge in [-0.1, -0.05) is 24.3 Å². The van der Waals surface area contributed by atoms with Crippen LogP contribution in [0.4, 0.5) is 0 Å². The van der Waals surface area contributed by atoms with Gasteiger partial charge in [-0.25, -0.2) is 0 Å². The van der Waals surface area contributed by atoms with Crippen LogP contribution in [0.1, 0.15) is 31.9 Å². The number of halogens is 1. The first kappa shape index (κ1) is 19.2. The SMILES string of the molecule is CN=C(NCc1cccc(COC)c1)NC(C)(C)C.I. The molecule has 0 amide bonds. The summed E-state index contributed by atoms with van der Waals surface area (Å²) in [5, 5.41) is 6.64. The molecule has 0 heterocycles. The number of hydrogen-bond acceptors (Lipinski definition) is 2. The third kappa shape index (κ3) is 7.69. The minimum Gasteiger partial charge on any atom is -0.380 e. The second kappa shape index (κ2) is 9.18. The Kier molecular flexibility index (Phi) is 8.80. The molecule has 0 unspecified atom stereocenters. The van der Waals surface area contributed by atoms with E-state index in [1.165, 1.54) is 11.1 Å². The summed E-state index contributed by atoms with van der Waals surface area (Å²) in [4.78, 5) is 4.22. The van der Waals surface area contributed by atoms with Crippen molar-refractivity contribution in [2.75, 3.05) is 14.2 Å². The monoisotopic (exact) mass is 391 g/mol. The van der Waals surface area contributed by atoms with Crippen LogP contribution >= 0.6 is 24.0 Å². The molecule has 0 aliphatic carbocycles. The fourth-order valence-corrected chi connectivity index (χ4v) is 1.72. The zero-order chi connectivity index (χ0) is 14.3. The average Bonchev–Trinajstić information content (AvgIpc) is 2.34. The van der Waals surface area contributed by atoms with Crippen molar-refractivity contribution in [2.24, 2.45) is 4.99 Å². The van der Waals surface area contributed by atoms with Gasteiger partial charge in [-0.15, -0.1) is 24.0 Å². The molecule has 0 spiro atoms. The molecule has 2 N–H and O–H groups in total. The highest BCUT2D eigenvalue weighted by Crippen LogP contribution is 2.06. The predicted octanol–water partition coefficient (Wildman–Crippen LogP) is 2.91. The van der Waals surface area contributed by atoms with Crippen molar-refractivity contribution in [1.29, 1.82) is 0 Å². The largest absolute Gasteiger partial charge is 0.380 e. The van der Waals surface area contributed by atoms with Crippen LogP contribution in [0, 0.1) is 0 Å². The maximum absolute atomic E-state index is 5.14. The van der Waals surface area contributed by atoms with Gasteiger partial charge in [0.25, 0.3) is 0 Å². The first-order chi connectivity index (χ1) is 8.94. The van der Waals surface area contributed by atoms with E-state index >= 15 is 0 Å². The number of nitrogens with zero attached hydrogens (tertiary/aromatic N) is 1. The van der Waals surface area contributed by atoms with Crippen molar-refractivity contribution in [3.63, 3.8) is 0 Å². The Bertz CT molecular complexity index is 427. The van der Waals surface area contributed by atoms with Crippen LogP contribution in [0.3, 0.4) is 0 Å². The molecule has 0 saturated carbocycles. The molecular weight excluding hydrogens is 365 g/mol.